The average Bonchev–Trinajstić information content (AvgIpc) is 3.39. The predicted molar refractivity (Wildman–Crippen MR) is 105 cm³/mol. The zero-order valence-electron chi connectivity index (χ0n) is 15.2. The van der Waals surface area contributed by atoms with Crippen molar-refractivity contribution in [2.24, 2.45) is 0 Å². The third kappa shape index (κ3) is 4.86. The Morgan fingerprint density at radius 1 is 1.24 bits per heavy atom. The quantitative estimate of drug-likeness (QED) is 0.322. The molecule has 0 spiro atoms. The second-order valence-electron chi connectivity index (χ2n) is 6.12. The highest BCUT2D eigenvalue weighted by Crippen LogP contribution is 2.28. The van der Waals surface area contributed by atoms with Crippen molar-refractivity contribution in [3.05, 3.63) is 79.9 Å². The first kappa shape index (κ1) is 20.2. The number of furan rings is 1. The lowest BCUT2D eigenvalue weighted by Crippen LogP contribution is -2.34. The van der Waals surface area contributed by atoms with Crippen molar-refractivity contribution >= 4 is 34.5 Å². The third-order valence-corrected chi connectivity index (χ3v) is 5.21. The Morgan fingerprint density at radius 2 is 2.03 bits per heavy atom. The van der Waals surface area contributed by atoms with Crippen LogP contribution in [0, 0.1) is 17.0 Å². The van der Waals surface area contributed by atoms with E-state index in [-0.39, 0.29) is 17.9 Å². The van der Waals surface area contributed by atoms with E-state index < -0.39 is 22.8 Å². The van der Waals surface area contributed by atoms with Crippen LogP contribution in [0.15, 0.2) is 53.1 Å². The van der Waals surface area contributed by atoms with Gasteiger partial charge in [-0.3, -0.25) is 19.7 Å². The summed E-state index contributed by atoms with van der Waals surface area (Å²) in [6, 6.07) is 10.8. The van der Waals surface area contributed by atoms with Crippen molar-refractivity contribution in [2.45, 2.75) is 19.6 Å². The highest BCUT2D eigenvalue weighted by molar-refractivity contribution is 7.12. The molecule has 10 heteroatoms. The zero-order valence-corrected chi connectivity index (χ0v) is 16.1. The van der Waals surface area contributed by atoms with Crippen LogP contribution in [-0.2, 0) is 16.1 Å². The number of carbonyl (C=O) groups excluding carboxylic acids is 2. The van der Waals surface area contributed by atoms with Crippen molar-refractivity contribution in [3.8, 4) is 0 Å². The van der Waals surface area contributed by atoms with Crippen LogP contribution in [0.25, 0.3) is 0 Å². The number of benzene rings is 1. The number of nitrogens with zero attached hydrogens (tertiary/aromatic N) is 1. The van der Waals surface area contributed by atoms with Gasteiger partial charge in [-0.15, -0.1) is 11.3 Å². The number of non-ortho nitro benzene ring substituents is 1. The molecule has 1 atom stereocenters. The first-order chi connectivity index (χ1) is 13.8. The van der Waals surface area contributed by atoms with E-state index in [2.05, 4.69) is 10.6 Å². The number of hydrogen-bond donors (Lipinski definition) is 3. The number of nitro groups is 1. The lowest BCUT2D eigenvalue weighted by Gasteiger charge is -2.08. The number of hydrogen-bond acceptors (Lipinski definition) is 7. The molecule has 1 unspecified atom stereocenters. The van der Waals surface area contributed by atoms with Gasteiger partial charge in [0.2, 0.25) is 0 Å². The number of carbonyl (C=O) groups is 2. The molecule has 3 N–H and O–H groups in total. The van der Waals surface area contributed by atoms with Gasteiger partial charge in [-0.1, -0.05) is 6.07 Å². The van der Waals surface area contributed by atoms with Gasteiger partial charge in [-0.25, -0.2) is 0 Å². The Hall–Kier alpha value is -3.50. The molecule has 0 radical (unpaired) electrons. The number of nitro benzene ring substituents is 1. The molecule has 2 aromatic heterocycles. The van der Waals surface area contributed by atoms with Crippen LogP contribution >= 0.6 is 11.3 Å². The van der Waals surface area contributed by atoms with Crippen LogP contribution < -0.4 is 10.6 Å². The molecule has 0 bridgehead atoms. The second kappa shape index (κ2) is 8.67. The highest BCUT2D eigenvalue weighted by atomic mass is 32.1. The van der Waals surface area contributed by atoms with Gasteiger partial charge in [-0.2, -0.15) is 0 Å². The monoisotopic (exact) mass is 415 g/mol. The fourth-order valence-corrected chi connectivity index (χ4v) is 3.46. The van der Waals surface area contributed by atoms with Crippen LogP contribution in [0.3, 0.4) is 0 Å². The Labute approximate surface area is 169 Å². The molecule has 3 aromatic rings. The van der Waals surface area contributed by atoms with E-state index in [0.29, 0.717) is 16.2 Å². The summed E-state index contributed by atoms with van der Waals surface area (Å²) in [4.78, 5) is 35.8. The van der Waals surface area contributed by atoms with Crippen molar-refractivity contribution < 1.29 is 24.0 Å². The third-order valence-electron chi connectivity index (χ3n) is 4.07. The van der Waals surface area contributed by atoms with E-state index in [1.54, 1.807) is 31.2 Å². The van der Waals surface area contributed by atoms with Gasteiger partial charge >= 0.3 is 11.8 Å². The van der Waals surface area contributed by atoms with E-state index in [1.165, 1.54) is 35.8 Å². The van der Waals surface area contributed by atoms with Crippen LogP contribution in [0.4, 0.5) is 11.4 Å². The van der Waals surface area contributed by atoms with Gasteiger partial charge in [-0.05, 0) is 36.8 Å². The van der Waals surface area contributed by atoms with Crippen molar-refractivity contribution in [1.82, 2.24) is 5.32 Å². The van der Waals surface area contributed by atoms with Crippen molar-refractivity contribution in [3.63, 3.8) is 0 Å². The molecule has 0 aliphatic rings. The normalized spacial score (nSPS) is 11.7. The van der Waals surface area contributed by atoms with Gasteiger partial charge < -0.3 is 20.2 Å². The van der Waals surface area contributed by atoms with E-state index in [0.717, 1.165) is 4.88 Å². The molecular weight excluding hydrogens is 398 g/mol. The fraction of sp³-hybridized carbons (Fsp3) is 0.158. The van der Waals surface area contributed by atoms with E-state index in [9.17, 15) is 24.8 Å². The molecule has 0 aliphatic heterocycles. The Morgan fingerprint density at radius 3 is 2.72 bits per heavy atom. The molecule has 2 heterocycles. The largest absolute Gasteiger partial charge is 0.466 e. The van der Waals surface area contributed by atoms with E-state index in [4.69, 9.17) is 4.42 Å². The summed E-state index contributed by atoms with van der Waals surface area (Å²) in [5.74, 6) is -1.40. The van der Waals surface area contributed by atoms with Crippen LogP contribution in [-0.4, -0.2) is 21.8 Å². The van der Waals surface area contributed by atoms with Crippen LogP contribution in [0.1, 0.15) is 27.2 Å². The number of aliphatic hydroxyl groups is 1. The number of aliphatic hydroxyl groups excluding tert-OH is 1. The van der Waals surface area contributed by atoms with Gasteiger partial charge in [0.25, 0.3) is 5.69 Å². The number of aryl methyl sites for hydroxylation is 1. The number of thiophene rings is 1. The number of amides is 2. The van der Waals surface area contributed by atoms with Gasteiger partial charge in [0.1, 0.15) is 11.9 Å². The molecule has 0 saturated heterocycles. The summed E-state index contributed by atoms with van der Waals surface area (Å²) in [5, 5.41) is 26.0. The summed E-state index contributed by atoms with van der Waals surface area (Å²) >= 11 is 1.27. The lowest BCUT2D eigenvalue weighted by molar-refractivity contribution is -0.384. The summed E-state index contributed by atoms with van der Waals surface area (Å²) in [5.41, 5.74) is 0.596. The Kier molecular flexibility index (Phi) is 6.05. The molecule has 9 nitrogen and oxygen atoms in total. The SMILES string of the molecule is Cc1ccc([N+](=O)[O-])cc1NC(=O)C(=O)NCc1ccc(C(O)c2ccco2)s1. The second-order valence-corrected chi connectivity index (χ2v) is 7.32. The van der Waals surface area contributed by atoms with Gasteiger partial charge in [0, 0.05) is 21.9 Å². The van der Waals surface area contributed by atoms with E-state index in [1.807, 2.05) is 0 Å². The fourth-order valence-electron chi connectivity index (χ4n) is 2.51. The maximum atomic E-state index is 12.1. The molecule has 1 aromatic carbocycles. The smallest absolute Gasteiger partial charge is 0.313 e. The summed E-state index contributed by atoms with van der Waals surface area (Å²) in [6.45, 7) is 1.75. The summed E-state index contributed by atoms with van der Waals surface area (Å²) in [6.07, 6.45) is 0.564. The summed E-state index contributed by atoms with van der Waals surface area (Å²) < 4.78 is 5.17. The maximum Gasteiger partial charge on any atom is 0.313 e. The molecule has 3 rings (SSSR count). The molecule has 0 saturated carbocycles. The minimum absolute atomic E-state index is 0.0930. The average molecular weight is 415 g/mol. The molecule has 29 heavy (non-hydrogen) atoms. The van der Waals surface area contributed by atoms with E-state index >= 15 is 0 Å². The number of rotatable bonds is 6. The first-order valence-electron chi connectivity index (χ1n) is 8.49. The number of nitrogens with one attached hydrogen (secondary N) is 2. The minimum Gasteiger partial charge on any atom is -0.466 e. The topological polar surface area (TPSA) is 135 Å². The highest BCUT2D eigenvalue weighted by Gasteiger charge is 2.18. The molecule has 0 fully saturated rings. The Balaban J connectivity index is 1.58. The Bertz CT molecular complexity index is 1040. The standard InChI is InChI=1S/C19H17N3O6S/c1-11-4-5-12(22(26)27)9-14(11)21-19(25)18(24)20-10-13-6-7-16(29-13)17(23)15-3-2-8-28-15/h2-9,17,23H,10H2,1H3,(H,20,24)(H,21,25). The molecular formula is C19H17N3O6S. The first-order valence-corrected chi connectivity index (χ1v) is 9.31. The molecule has 2 amide bonds. The predicted octanol–water partition coefficient (Wildman–Crippen LogP) is 2.89. The lowest BCUT2D eigenvalue weighted by atomic mass is 10.2. The van der Waals surface area contributed by atoms with Crippen molar-refractivity contribution in [2.75, 3.05) is 5.32 Å². The van der Waals surface area contributed by atoms with Crippen LogP contribution in [0.5, 0.6) is 0 Å². The minimum atomic E-state index is -0.930. The maximum absolute atomic E-state index is 12.1. The zero-order chi connectivity index (χ0) is 21.0. The van der Waals surface area contributed by atoms with Crippen molar-refractivity contribution in [1.29, 1.82) is 0 Å². The van der Waals surface area contributed by atoms with Crippen LogP contribution in [0.2, 0.25) is 0 Å². The summed E-state index contributed by atoms with van der Waals surface area (Å²) in [7, 11) is 0. The van der Waals surface area contributed by atoms with Gasteiger partial charge in [0.05, 0.1) is 23.4 Å². The van der Waals surface area contributed by atoms with Gasteiger partial charge in [0.15, 0.2) is 0 Å². The number of anilines is 1. The molecule has 0 aliphatic carbocycles. The molecule has 150 valence electrons.